The Morgan fingerprint density at radius 1 is 1.59 bits per heavy atom. The van der Waals surface area contributed by atoms with Crippen LogP contribution in [0.5, 0.6) is 0 Å². The van der Waals surface area contributed by atoms with Gasteiger partial charge in [-0.15, -0.1) is 0 Å². The lowest BCUT2D eigenvalue weighted by Gasteiger charge is -2.33. The number of nitro groups is 1. The molecule has 1 heterocycles. The van der Waals surface area contributed by atoms with Gasteiger partial charge >= 0.3 is 0 Å². The number of nitrogens with zero attached hydrogens (tertiary/aromatic N) is 2. The standard InChI is InChI=1S/C11H14FN3O2/c1-14-6-5-13-7-10(14)11-8(12)3-2-4-9(11)15(16)17/h2-4,10,13H,5-7H2,1H3. The molecule has 1 aliphatic heterocycles. The fourth-order valence-corrected chi connectivity index (χ4v) is 2.14. The Balaban J connectivity index is 2.45. The van der Waals surface area contributed by atoms with E-state index in [1.807, 2.05) is 11.9 Å². The minimum Gasteiger partial charge on any atom is -0.314 e. The summed E-state index contributed by atoms with van der Waals surface area (Å²) in [6.45, 7) is 2.09. The molecule has 0 aromatic heterocycles. The second-order valence-electron chi connectivity index (χ2n) is 4.13. The van der Waals surface area contributed by atoms with Crippen LogP contribution >= 0.6 is 0 Å². The van der Waals surface area contributed by atoms with Gasteiger partial charge in [-0.2, -0.15) is 0 Å². The first-order valence-electron chi connectivity index (χ1n) is 5.45. The summed E-state index contributed by atoms with van der Waals surface area (Å²) in [4.78, 5) is 12.3. The Bertz CT molecular complexity index is 439. The molecule has 92 valence electrons. The minimum absolute atomic E-state index is 0.148. The van der Waals surface area contributed by atoms with Gasteiger partial charge in [-0.05, 0) is 13.1 Å². The van der Waals surface area contributed by atoms with Crippen molar-refractivity contribution in [2.45, 2.75) is 6.04 Å². The van der Waals surface area contributed by atoms with Crippen molar-refractivity contribution in [3.05, 3.63) is 39.7 Å². The molecule has 1 aliphatic rings. The monoisotopic (exact) mass is 239 g/mol. The van der Waals surface area contributed by atoms with Crippen molar-refractivity contribution in [2.24, 2.45) is 0 Å². The first kappa shape index (κ1) is 11.9. The smallest absolute Gasteiger partial charge is 0.277 e. The Kier molecular flexibility index (Phi) is 3.35. The number of nitrogens with one attached hydrogen (secondary N) is 1. The summed E-state index contributed by atoms with van der Waals surface area (Å²) in [6.07, 6.45) is 0. The highest BCUT2D eigenvalue weighted by molar-refractivity contribution is 5.43. The molecule has 2 rings (SSSR count). The molecule has 17 heavy (non-hydrogen) atoms. The van der Waals surface area contributed by atoms with Crippen LogP contribution in [0, 0.1) is 15.9 Å². The average molecular weight is 239 g/mol. The van der Waals surface area contributed by atoms with Crippen LogP contribution in [0.2, 0.25) is 0 Å². The lowest BCUT2D eigenvalue weighted by molar-refractivity contribution is -0.386. The SMILES string of the molecule is CN1CCNCC1c1c(F)cccc1[N+](=O)[O-]. The second kappa shape index (κ2) is 4.77. The molecule has 1 atom stereocenters. The predicted octanol–water partition coefficient (Wildman–Crippen LogP) is 1.31. The van der Waals surface area contributed by atoms with Gasteiger partial charge < -0.3 is 5.32 Å². The summed E-state index contributed by atoms with van der Waals surface area (Å²) < 4.78 is 13.8. The highest BCUT2D eigenvalue weighted by Gasteiger charge is 2.30. The molecule has 6 heteroatoms. The maximum absolute atomic E-state index is 13.8. The average Bonchev–Trinajstić information content (AvgIpc) is 2.30. The number of benzene rings is 1. The number of rotatable bonds is 2. The van der Waals surface area contributed by atoms with E-state index < -0.39 is 10.7 Å². The van der Waals surface area contributed by atoms with Crippen molar-refractivity contribution in [1.82, 2.24) is 10.2 Å². The van der Waals surface area contributed by atoms with E-state index in [9.17, 15) is 14.5 Å². The topological polar surface area (TPSA) is 58.4 Å². The van der Waals surface area contributed by atoms with E-state index in [1.165, 1.54) is 18.2 Å². The van der Waals surface area contributed by atoms with Gasteiger partial charge in [0.25, 0.3) is 5.69 Å². The largest absolute Gasteiger partial charge is 0.314 e. The fraction of sp³-hybridized carbons (Fsp3) is 0.455. The number of nitro benzene ring substituents is 1. The summed E-state index contributed by atoms with van der Waals surface area (Å²) in [5.41, 5.74) is 0.0257. The van der Waals surface area contributed by atoms with Gasteiger partial charge in [0.2, 0.25) is 0 Å². The van der Waals surface area contributed by atoms with Gasteiger partial charge in [-0.25, -0.2) is 4.39 Å². The van der Waals surface area contributed by atoms with Crippen molar-refractivity contribution in [1.29, 1.82) is 0 Å². The van der Waals surface area contributed by atoms with Gasteiger partial charge in [-0.1, -0.05) is 6.07 Å². The predicted molar refractivity (Wildman–Crippen MR) is 61.3 cm³/mol. The molecule has 0 radical (unpaired) electrons. The highest BCUT2D eigenvalue weighted by Crippen LogP contribution is 2.31. The molecule has 0 bridgehead atoms. The molecule has 1 N–H and O–H groups in total. The van der Waals surface area contributed by atoms with E-state index >= 15 is 0 Å². The summed E-state index contributed by atoms with van der Waals surface area (Å²) in [5, 5.41) is 14.0. The summed E-state index contributed by atoms with van der Waals surface area (Å²) in [5.74, 6) is -0.514. The Hall–Kier alpha value is -1.53. The molecule has 1 aromatic rings. The van der Waals surface area contributed by atoms with Crippen molar-refractivity contribution in [2.75, 3.05) is 26.7 Å². The van der Waals surface area contributed by atoms with Crippen molar-refractivity contribution in [3.63, 3.8) is 0 Å². The number of piperazine rings is 1. The highest BCUT2D eigenvalue weighted by atomic mass is 19.1. The number of hydrogen-bond donors (Lipinski definition) is 1. The van der Waals surface area contributed by atoms with Gasteiger partial charge in [0.1, 0.15) is 5.82 Å². The van der Waals surface area contributed by atoms with Gasteiger partial charge in [0.05, 0.1) is 16.5 Å². The third-order valence-corrected chi connectivity index (χ3v) is 3.07. The summed E-state index contributed by atoms with van der Waals surface area (Å²) in [7, 11) is 1.85. The Morgan fingerprint density at radius 2 is 2.35 bits per heavy atom. The zero-order valence-electron chi connectivity index (χ0n) is 9.52. The zero-order valence-corrected chi connectivity index (χ0v) is 9.52. The molecule has 0 spiro atoms. The maximum atomic E-state index is 13.8. The van der Waals surface area contributed by atoms with Crippen LogP contribution in [0.4, 0.5) is 10.1 Å². The van der Waals surface area contributed by atoms with Crippen LogP contribution in [0.1, 0.15) is 11.6 Å². The van der Waals surface area contributed by atoms with Crippen molar-refractivity contribution >= 4 is 5.69 Å². The molecule has 0 amide bonds. The molecular weight excluding hydrogens is 225 g/mol. The lowest BCUT2D eigenvalue weighted by atomic mass is 10.0. The summed E-state index contributed by atoms with van der Waals surface area (Å²) >= 11 is 0. The number of hydrogen-bond acceptors (Lipinski definition) is 4. The van der Waals surface area contributed by atoms with E-state index in [0.717, 1.165) is 13.1 Å². The van der Waals surface area contributed by atoms with Crippen LogP contribution in [0.3, 0.4) is 0 Å². The van der Waals surface area contributed by atoms with E-state index in [4.69, 9.17) is 0 Å². The minimum atomic E-state index is -0.527. The van der Waals surface area contributed by atoms with Crippen molar-refractivity contribution in [3.8, 4) is 0 Å². The van der Waals surface area contributed by atoms with Crippen molar-refractivity contribution < 1.29 is 9.31 Å². The third kappa shape index (κ3) is 2.27. The van der Waals surface area contributed by atoms with E-state index in [1.54, 1.807) is 0 Å². The van der Waals surface area contributed by atoms with Crippen LogP contribution in [-0.4, -0.2) is 36.5 Å². The molecule has 0 saturated carbocycles. The Morgan fingerprint density at radius 3 is 3.00 bits per heavy atom. The second-order valence-corrected chi connectivity index (χ2v) is 4.13. The first-order chi connectivity index (χ1) is 8.11. The van der Waals surface area contributed by atoms with Gasteiger partial charge in [0.15, 0.2) is 0 Å². The Labute approximate surface area is 98.4 Å². The van der Waals surface area contributed by atoms with Crippen LogP contribution < -0.4 is 5.32 Å². The number of likely N-dealkylation sites (N-methyl/N-ethyl adjacent to an activating group) is 1. The molecule has 1 aromatic carbocycles. The molecule has 5 nitrogen and oxygen atoms in total. The van der Waals surface area contributed by atoms with E-state index in [2.05, 4.69) is 5.32 Å². The fourth-order valence-electron chi connectivity index (χ4n) is 2.14. The normalized spacial score (nSPS) is 21.4. The maximum Gasteiger partial charge on any atom is 0.277 e. The molecule has 0 aliphatic carbocycles. The van der Waals surface area contributed by atoms with E-state index in [-0.39, 0.29) is 17.3 Å². The quantitative estimate of drug-likeness (QED) is 0.624. The van der Waals surface area contributed by atoms with Gasteiger partial charge in [-0.3, -0.25) is 15.0 Å². The molecule has 1 unspecified atom stereocenters. The van der Waals surface area contributed by atoms with E-state index in [0.29, 0.717) is 6.54 Å². The molecule has 1 fully saturated rings. The third-order valence-electron chi connectivity index (χ3n) is 3.07. The molecule has 1 saturated heterocycles. The first-order valence-corrected chi connectivity index (χ1v) is 5.45. The van der Waals surface area contributed by atoms with Crippen LogP contribution in [-0.2, 0) is 0 Å². The lowest BCUT2D eigenvalue weighted by Crippen LogP contribution is -2.44. The van der Waals surface area contributed by atoms with Crippen LogP contribution in [0.15, 0.2) is 18.2 Å². The van der Waals surface area contributed by atoms with Crippen LogP contribution in [0.25, 0.3) is 0 Å². The zero-order chi connectivity index (χ0) is 12.4. The molecular formula is C11H14FN3O2. The van der Waals surface area contributed by atoms with Gasteiger partial charge in [0, 0.05) is 25.7 Å². The number of halogens is 1. The summed E-state index contributed by atoms with van der Waals surface area (Å²) in [6, 6.07) is 3.70.